The zero-order chi connectivity index (χ0) is 40.1. The normalized spacial score (nSPS) is 8.47. The Balaban J connectivity index is -0.0000000131. The van der Waals surface area contributed by atoms with Gasteiger partial charge in [0.15, 0.2) is 54.2 Å². The summed E-state index contributed by atoms with van der Waals surface area (Å²) in [7, 11) is -8.70. The van der Waals surface area contributed by atoms with Gasteiger partial charge in [-0.3, -0.25) is 0 Å². The first-order valence-electron chi connectivity index (χ1n) is 15.6. The standard InChI is InChI=1S/2C7H21O3Si4.C5H15O2Si3.C3H10O2Si.2CH4N.9CH3.11Y/c2*1-11(2)8-13(5)10-14(6,7)9-12(3)4;1-8(2)6-10(5)7-9(3)4;1-5-6(2,3)4;2*1-2;;;;;;;;;;;;;;;;;;;;/h2*1-7H3;1-5H3;4H,1-3H3;2*2H,1H3;9*1H3;;;;;;;;;;;/q;;;;11*-1;;;;;;;;;;;. The van der Waals surface area contributed by atoms with Crippen molar-refractivity contribution in [3.05, 3.63) is 78.3 Å². The quantitative estimate of drug-likeness (QED) is 0.110. The summed E-state index contributed by atoms with van der Waals surface area (Å²) in [6.07, 6.45) is 0. The number of hydrogen-bond donors (Lipinski definition) is 1. The number of rotatable bonds is 17. The van der Waals surface area contributed by atoms with Crippen molar-refractivity contribution in [2.75, 3.05) is 21.2 Å². The molecule has 0 unspecified atom stereocenters. The average Bonchev–Trinajstić information content (AvgIpc) is 2.82. The second-order valence-corrected chi connectivity index (χ2v) is 41.5. The van der Waals surface area contributed by atoms with Gasteiger partial charge in [-0.05, 0) is 137 Å². The largest absolute Gasteiger partial charge is 0.680 e. The van der Waals surface area contributed by atoms with Crippen LogP contribution in [-0.2, 0) is 397 Å². The van der Waals surface area contributed by atoms with Crippen LogP contribution in [0.4, 0.5) is 0 Å². The van der Waals surface area contributed by atoms with Gasteiger partial charge >= 0.3 is 53.5 Å². The first-order valence-corrected chi connectivity index (χ1v) is 44.0. The van der Waals surface area contributed by atoms with Gasteiger partial charge in [0.1, 0.15) is 0 Å². The van der Waals surface area contributed by atoms with Crippen molar-refractivity contribution in [1.82, 2.24) is 0 Å². The van der Waals surface area contributed by atoms with Crippen LogP contribution >= 0.6 is 0 Å². The fourth-order valence-corrected chi connectivity index (χ4v) is 28.2. The summed E-state index contributed by atoms with van der Waals surface area (Å²) in [6.45, 7) is 43.6. The molecule has 12 nitrogen and oxygen atoms in total. The van der Waals surface area contributed by atoms with Gasteiger partial charge in [-0.15, -0.1) is 0 Å². The van der Waals surface area contributed by atoms with Gasteiger partial charge in [0, 0.05) is 367 Å². The monoisotopic (exact) mass is 2000 g/mol. The fourth-order valence-electron chi connectivity index (χ4n) is 2.93. The predicted octanol–water partition coefficient (Wildman–Crippen LogP) is 12.0. The molecule has 0 atom stereocenters. The third-order valence-corrected chi connectivity index (χ3v) is 29.1. The molecule has 0 aliphatic heterocycles. The van der Waals surface area contributed by atoms with Crippen molar-refractivity contribution in [1.29, 1.82) is 0 Å². The van der Waals surface area contributed by atoms with Crippen molar-refractivity contribution in [2.45, 2.75) is 137 Å². The van der Waals surface area contributed by atoms with Crippen molar-refractivity contribution in [3.63, 3.8) is 0 Å². The Labute approximate surface area is 729 Å². The fraction of sp³-hybridized carbons (Fsp3) is 0.727. The summed E-state index contributed by atoms with van der Waals surface area (Å²) in [5.74, 6) is 0. The Morgan fingerprint density at radius 3 is 0.529 bits per heavy atom. The number of nitrogens with one attached hydrogen (secondary N) is 2. The van der Waals surface area contributed by atoms with E-state index in [0.29, 0.717) is 0 Å². The minimum absolute atomic E-state index is 0. The molecule has 0 rings (SSSR count). The Hall–Kier alpha value is 14.3. The average molecular weight is 2000 g/mol. The van der Waals surface area contributed by atoms with E-state index in [4.69, 9.17) is 49.2 Å². The van der Waals surface area contributed by atoms with Crippen molar-refractivity contribution >= 4 is 108 Å². The van der Waals surface area contributed by atoms with Crippen LogP contribution in [0.3, 0.4) is 0 Å². The third-order valence-electron chi connectivity index (χ3n) is 3.57. The first-order chi connectivity index (χ1) is 21.5. The Morgan fingerprint density at radius 2 is 0.426 bits per heavy atom. The van der Waals surface area contributed by atoms with E-state index in [1.165, 1.54) is 21.2 Å². The van der Waals surface area contributed by atoms with Gasteiger partial charge in [0.2, 0.25) is 0 Å². The van der Waals surface area contributed by atoms with Crippen LogP contribution in [0.1, 0.15) is 0 Å². The third kappa shape index (κ3) is 178. The van der Waals surface area contributed by atoms with Crippen LogP contribution in [0.5, 0.6) is 0 Å². The molecule has 0 aliphatic rings. The minimum Gasteiger partial charge on any atom is -0.680 e. The maximum absolute atomic E-state index is 8.74. The van der Waals surface area contributed by atoms with Crippen LogP contribution in [0, 0.1) is 66.8 Å². The molecule has 3 N–H and O–H groups in total. The molecule has 0 bridgehead atoms. The molecule has 0 spiro atoms. The Morgan fingerprint density at radius 1 is 0.294 bits per heavy atom. The molecule has 0 fully saturated rings. The van der Waals surface area contributed by atoms with Crippen molar-refractivity contribution < 1.29 is 402 Å². The molecule has 0 amide bonds. The van der Waals surface area contributed by atoms with E-state index in [2.05, 4.69) is 129 Å². The molecule has 0 aliphatic carbocycles. The summed E-state index contributed by atoms with van der Waals surface area (Å²) in [4.78, 5) is 8.74. The molecule has 0 saturated carbocycles. The zero-order valence-electron chi connectivity index (χ0n) is 50.5. The molecule has 0 aromatic carbocycles. The van der Waals surface area contributed by atoms with E-state index < -0.39 is 108 Å². The van der Waals surface area contributed by atoms with Crippen LogP contribution in [0.2, 0.25) is 137 Å². The summed E-state index contributed by atoms with van der Waals surface area (Å²) in [5, 5.41) is 0. The maximum Gasteiger partial charge on any atom is 0.360 e. The van der Waals surface area contributed by atoms with Gasteiger partial charge in [-0.1, -0.05) is 0 Å². The van der Waals surface area contributed by atoms with Crippen molar-refractivity contribution in [2.24, 2.45) is 0 Å². The van der Waals surface area contributed by atoms with Gasteiger partial charge in [-0.2, -0.15) is 14.1 Å². The molecule has 0 aromatic heterocycles. The second kappa shape index (κ2) is 112. The molecule has 396 valence electrons. The molecule has 0 aromatic rings. The van der Waals surface area contributed by atoms with E-state index in [9.17, 15) is 0 Å². The summed E-state index contributed by atoms with van der Waals surface area (Å²) in [6, 6.07) is 0. The van der Waals surface area contributed by atoms with E-state index in [1.54, 1.807) is 13.1 Å². The van der Waals surface area contributed by atoms with E-state index >= 15 is 0 Å². The van der Waals surface area contributed by atoms with E-state index in [1.807, 2.05) is 0 Å². The second-order valence-electron chi connectivity index (χ2n) is 12.2. The van der Waals surface area contributed by atoms with Gasteiger partial charge in [0.05, 0.1) is 0 Å². The van der Waals surface area contributed by atoms with Gasteiger partial charge < -0.3 is 120 Å². The van der Waals surface area contributed by atoms with Crippen molar-refractivity contribution in [3.8, 4) is 0 Å². The van der Waals surface area contributed by atoms with Gasteiger partial charge in [-0.25, -0.2) is 0 Å². The molecule has 35 heteroatoms. The van der Waals surface area contributed by atoms with E-state index in [-0.39, 0.29) is 427 Å². The SMILES string of the molecule is CO[Si](C)(C)O.C[NH-].C[NH-].C[Si](C)O[Si](C)O[Si](C)(C)O[Si](C)C.C[Si](C)O[Si](C)O[Si](C)(C)O[Si](C)C.C[Si](C)O[Si](C)O[Si](C)C.[CH3-].[CH3-].[CH3-].[CH3-].[CH3-].[CH3-].[CH3-].[CH3-].[CH3-].[Y].[Y].[Y].[Y].[Y].[Y].[Y].[Y].[Y].[Y].[Y]. The number of hydrogen-bond acceptors (Lipinski definition) is 10. The van der Waals surface area contributed by atoms with Gasteiger partial charge in [0.25, 0.3) is 0 Å². The maximum atomic E-state index is 8.74. The molecular formula is C33H102N2O10Si12Y11-11. The summed E-state index contributed by atoms with van der Waals surface area (Å²) >= 11 is 0. The zero-order valence-corrected chi connectivity index (χ0v) is 93.7. The topological polar surface area (TPSA) is 151 Å². The predicted molar refractivity (Wildman–Crippen MR) is 288 cm³/mol. The smallest absolute Gasteiger partial charge is 0.360 e. The van der Waals surface area contributed by atoms with Crippen LogP contribution < -0.4 is 0 Å². The Kier molecular flexibility index (Phi) is 284. The van der Waals surface area contributed by atoms with Crippen LogP contribution in [0.25, 0.3) is 11.5 Å². The summed E-state index contributed by atoms with van der Waals surface area (Å²) < 4.78 is 50.7. The molecular weight excluding hydrogens is 1900 g/mol. The molecule has 68 heavy (non-hydrogen) atoms. The summed E-state index contributed by atoms with van der Waals surface area (Å²) in [5.41, 5.74) is 11.5. The van der Waals surface area contributed by atoms with Crippen LogP contribution in [-0.4, -0.2) is 134 Å². The Bertz CT molecular complexity index is 677. The molecule has 20 radical (unpaired) electrons. The molecule has 0 saturated heterocycles. The van der Waals surface area contributed by atoms with Crippen LogP contribution in [0.15, 0.2) is 0 Å². The van der Waals surface area contributed by atoms with E-state index in [0.717, 1.165) is 0 Å². The first kappa shape index (κ1) is 172. The minimum atomic E-state index is -2.13. The molecule has 0 heterocycles.